The van der Waals surface area contributed by atoms with Crippen LogP contribution < -0.4 is 10.2 Å². The van der Waals surface area contributed by atoms with E-state index in [0.717, 1.165) is 37.4 Å². The Morgan fingerprint density at radius 2 is 1.86 bits per heavy atom. The number of hydrogen-bond acceptors (Lipinski definition) is 3. The summed E-state index contributed by atoms with van der Waals surface area (Å²) >= 11 is 0. The number of benzene rings is 1. The predicted molar refractivity (Wildman–Crippen MR) is 87.4 cm³/mol. The van der Waals surface area contributed by atoms with Crippen molar-refractivity contribution in [3.05, 3.63) is 29.6 Å². The first-order valence-corrected chi connectivity index (χ1v) is 8.03. The average molecular weight is 293 g/mol. The van der Waals surface area contributed by atoms with Gasteiger partial charge in [0.15, 0.2) is 0 Å². The molecular formula is C17H28FN3. The number of nitrogens with one attached hydrogen (secondary N) is 1. The van der Waals surface area contributed by atoms with Crippen molar-refractivity contribution < 1.29 is 4.39 Å². The molecule has 0 aliphatic carbocycles. The molecule has 3 nitrogen and oxygen atoms in total. The van der Waals surface area contributed by atoms with E-state index in [2.05, 4.69) is 29.0 Å². The van der Waals surface area contributed by atoms with Gasteiger partial charge in [-0.3, -0.25) is 4.90 Å². The van der Waals surface area contributed by atoms with Crippen LogP contribution in [-0.4, -0.2) is 44.2 Å². The van der Waals surface area contributed by atoms with Gasteiger partial charge in [0, 0.05) is 49.5 Å². The second kappa shape index (κ2) is 7.23. The van der Waals surface area contributed by atoms with Crippen LogP contribution in [0.5, 0.6) is 0 Å². The molecule has 0 radical (unpaired) electrons. The Morgan fingerprint density at radius 1 is 1.19 bits per heavy atom. The fourth-order valence-corrected chi connectivity index (χ4v) is 3.04. The van der Waals surface area contributed by atoms with Crippen molar-refractivity contribution in [2.75, 3.05) is 38.1 Å². The highest BCUT2D eigenvalue weighted by Gasteiger charge is 2.24. The van der Waals surface area contributed by atoms with Gasteiger partial charge in [0.05, 0.1) is 0 Å². The Kier molecular flexibility index (Phi) is 5.59. The lowest BCUT2D eigenvalue weighted by atomic mass is 10.0. The lowest BCUT2D eigenvalue weighted by Gasteiger charge is -2.40. The van der Waals surface area contributed by atoms with E-state index in [4.69, 9.17) is 0 Å². The monoisotopic (exact) mass is 293 g/mol. The predicted octanol–water partition coefficient (Wildman–Crippen LogP) is 3.03. The summed E-state index contributed by atoms with van der Waals surface area (Å²) in [6.07, 6.45) is 1.18. The largest absolute Gasteiger partial charge is 0.369 e. The molecular weight excluding hydrogens is 265 g/mol. The number of hydrogen-bond donors (Lipinski definition) is 1. The van der Waals surface area contributed by atoms with Crippen molar-refractivity contribution in [1.82, 2.24) is 10.2 Å². The molecule has 1 N–H and O–H groups in total. The zero-order valence-corrected chi connectivity index (χ0v) is 13.7. The summed E-state index contributed by atoms with van der Waals surface area (Å²) in [7, 11) is 1.88. The van der Waals surface area contributed by atoms with E-state index in [1.165, 1.54) is 6.42 Å². The normalized spacial score (nSPS) is 19.6. The van der Waals surface area contributed by atoms with Gasteiger partial charge >= 0.3 is 0 Å². The maximum Gasteiger partial charge on any atom is 0.130 e. The summed E-state index contributed by atoms with van der Waals surface area (Å²) in [5.41, 5.74) is 1.83. The SMILES string of the molecule is CCC(C)N1CCN(c2cccc(F)c2C(C)NC)CC1. The molecule has 1 fully saturated rings. The third kappa shape index (κ3) is 3.55. The van der Waals surface area contributed by atoms with Gasteiger partial charge in [-0.15, -0.1) is 0 Å². The van der Waals surface area contributed by atoms with Crippen molar-refractivity contribution in [3.63, 3.8) is 0 Å². The molecule has 2 unspecified atom stereocenters. The Balaban J connectivity index is 2.15. The van der Waals surface area contributed by atoms with E-state index >= 15 is 0 Å². The number of piperazine rings is 1. The number of nitrogens with zero attached hydrogens (tertiary/aromatic N) is 2. The number of rotatable bonds is 5. The van der Waals surface area contributed by atoms with Crippen LogP contribution in [0.1, 0.15) is 38.8 Å². The molecule has 4 heteroatoms. The van der Waals surface area contributed by atoms with Crippen molar-refractivity contribution in [1.29, 1.82) is 0 Å². The average Bonchev–Trinajstić information content (AvgIpc) is 2.53. The third-order valence-electron chi connectivity index (χ3n) is 4.77. The molecule has 1 heterocycles. The minimum atomic E-state index is -0.112. The maximum atomic E-state index is 14.2. The van der Waals surface area contributed by atoms with Gasteiger partial charge in [-0.05, 0) is 39.4 Å². The molecule has 1 aliphatic rings. The summed E-state index contributed by atoms with van der Waals surface area (Å²) < 4.78 is 14.2. The van der Waals surface area contributed by atoms with Crippen LogP contribution in [-0.2, 0) is 0 Å². The molecule has 1 aliphatic heterocycles. The van der Waals surface area contributed by atoms with Crippen LogP contribution in [0.25, 0.3) is 0 Å². The number of halogens is 1. The molecule has 118 valence electrons. The van der Waals surface area contributed by atoms with E-state index in [9.17, 15) is 4.39 Å². The molecule has 1 saturated heterocycles. The van der Waals surface area contributed by atoms with E-state index in [1.807, 2.05) is 26.1 Å². The molecule has 2 rings (SSSR count). The van der Waals surface area contributed by atoms with Crippen LogP contribution in [0.4, 0.5) is 10.1 Å². The van der Waals surface area contributed by atoms with Crippen LogP contribution in [0.15, 0.2) is 18.2 Å². The fraction of sp³-hybridized carbons (Fsp3) is 0.647. The zero-order valence-electron chi connectivity index (χ0n) is 13.7. The Bertz CT molecular complexity index is 455. The first kappa shape index (κ1) is 16.2. The molecule has 0 aromatic heterocycles. The van der Waals surface area contributed by atoms with Crippen LogP contribution >= 0.6 is 0 Å². The lowest BCUT2D eigenvalue weighted by molar-refractivity contribution is 0.192. The zero-order chi connectivity index (χ0) is 15.4. The molecule has 1 aromatic rings. The van der Waals surface area contributed by atoms with Crippen LogP contribution in [0, 0.1) is 5.82 Å². The Hall–Kier alpha value is -1.13. The fourth-order valence-electron chi connectivity index (χ4n) is 3.04. The first-order chi connectivity index (χ1) is 10.1. The van der Waals surface area contributed by atoms with Crippen molar-refractivity contribution in [3.8, 4) is 0 Å². The molecule has 0 saturated carbocycles. The van der Waals surface area contributed by atoms with E-state index in [1.54, 1.807) is 6.07 Å². The summed E-state index contributed by atoms with van der Waals surface area (Å²) in [4.78, 5) is 4.85. The number of anilines is 1. The topological polar surface area (TPSA) is 18.5 Å². The quantitative estimate of drug-likeness (QED) is 0.900. The molecule has 0 bridgehead atoms. The smallest absolute Gasteiger partial charge is 0.130 e. The minimum Gasteiger partial charge on any atom is -0.369 e. The minimum absolute atomic E-state index is 0.0220. The molecule has 21 heavy (non-hydrogen) atoms. The highest BCUT2D eigenvalue weighted by molar-refractivity contribution is 5.56. The van der Waals surface area contributed by atoms with E-state index in [0.29, 0.717) is 6.04 Å². The van der Waals surface area contributed by atoms with Crippen LogP contribution in [0.3, 0.4) is 0 Å². The summed E-state index contributed by atoms with van der Waals surface area (Å²) in [5, 5.41) is 3.16. The standard InChI is InChI=1S/C17H28FN3/c1-5-13(2)20-9-11-21(12-10-20)16-8-6-7-15(18)17(16)14(3)19-4/h6-8,13-14,19H,5,9-12H2,1-4H3. The molecule has 2 atom stereocenters. The highest BCUT2D eigenvalue weighted by atomic mass is 19.1. The van der Waals surface area contributed by atoms with Crippen LogP contribution in [0.2, 0.25) is 0 Å². The lowest BCUT2D eigenvalue weighted by Crippen LogP contribution is -2.49. The molecule has 1 aromatic carbocycles. The Morgan fingerprint density at radius 3 is 2.43 bits per heavy atom. The van der Waals surface area contributed by atoms with Crippen molar-refractivity contribution >= 4 is 5.69 Å². The summed E-state index contributed by atoms with van der Waals surface area (Å²) in [6.45, 7) is 10.6. The molecule has 0 amide bonds. The first-order valence-electron chi connectivity index (χ1n) is 8.03. The second-order valence-electron chi connectivity index (χ2n) is 5.96. The maximum absolute atomic E-state index is 14.2. The van der Waals surface area contributed by atoms with Gasteiger partial charge in [-0.2, -0.15) is 0 Å². The second-order valence-corrected chi connectivity index (χ2v) is 5.96. The molecule has 0 spiro atoms. The van der Waals surface area contributed by atoms with E-state index < -0.39 is 0 Å². The van der Waals surface area contributed by atoms with Crippen molar-refractivity contribution in [2.24, 2.45) is 0 Å². The Labute approximate surface area is 128 Å². The third-order valence-corrected chi connectivity index (χ3v) is 4.77. The van der Waals surface area contributed by atoms with E-state index in [-0.39, 0.29) is 11.9 Å². The summed E-state index contributed by atoms with van der Waals surface area (Å²) in [6, 6.07) is 6.08. The van der Waals surface area contributed by atoms with Gasteiger partial charge < -0.3 is 10.2 Å². The van der Waals surface area contributed by atoms with Crippen molar-refractivity contribution in [2.45, 2.75) is 39.3 Å². The van der Waals surface area contributed by atoms with Gasteiger partial charge in [-0.1, -0.05) is 13.0 Å². The van der Waals surface area contributed by atoms with Gasteiger partial charge in [0.25, 0.3) is 0 Å². The van der Waals surface area contributed by atoms with Gasteiger partial charge in [-0.25, -0.2) is 4.39 Å². The highest BCUT2D eigenvalue weighted by Crippen LogP contribution is 2.29. The summed E-state index contributed by atoms with van der Waals surface area (Å²) in [5.74, 6) is -0.112. The van der Waals surface area contributed by atoms with Gasteiger partial charge in [0.1, 0.15) is 5.82 Å². The van der Waals surface area contributed by atoms with Gasteiger partial charge in [0.2, 0.25) is 0 Å².